The van der Waals surface area contributed by atoms with Gasteiger partial charge in [-0.25, -0.2) is 0 Å². The molecule has 1 rings (SSSR count). The molecular weight excluding hydrogens is 234 g/mol. The first kappa shape index (κ1) is 14.3. The molecule has 0 radical (unpaired) electrons. The number of hydrogen-bond acceptors (Lipinski definition) is 4. The van der Waals surface area contributed by atoms with Crippen molar-refractivity contribution >= 4 is 5.91 Å². The third-order valence-electron chi connectivity index (χ3n) is 2.37. The van der Waals surface area contributed by atoms with Crippen LogP contribution < -0.4 is 14.8 Å². The van der Waals surface area contributed by atoms with Crippen LogP contribution in [-0.4, -0.2) is 31.3 Å². The van der Waals surface area contributed by atoms with Crippen molar-refractivity contribution in [3.05, 3.63) is 23.8 Å². The summed E-state index contributed by atoms with van der Waals surface area (Å²) >= 11 is 0. The first-order chi connectivity index (χ1) is 8.72. The highest BCUT2D eigenvalue weighted by atomic mass is 16.5. The zero-order chi connectivity index (χ0) is 13.4. The standard InChI is InChI=1S/C13H19NO4/c1-3-7-14-12(16)9-18-13-10(8-15)5-4-6-11(13)17-2/h4-6,15H,3,7-9H2,1-2H3,(H,14,16). The molecule has 0 aliphatic carbocycles. The number of aliphatic hydroxyl groups is 1. The molecule has 0 aliphatic rings. The number of benzene rings is 1. The molecule has 0 atom stereocenters. The van der Waals surface area contributed by atoms with Gasteiger partial charge < -0.3 is 19.9 Å². The van der Waals surface area contributed by atoms with Gasteiger partial charge in [0, 0.05) is 12.1 Å². The van der Waals surface area contributed by atoms with E-state index in [0.29, 0.717) is 23.6 Å². The molecule has 100 valence electrons. The first-order valence-electron chi connectivity index (χ1n) is 5.89. The average Bonchev–Trinajstić information content (AvgIpc) is 2.42. The number of aliphatic hydroxyl groups excluding tert-OH is 1. The van der Waals surface area contributed by atoms with Crippen LogP contribution >= 0.6 is 0 Å². The van der Waals surface area contributed by atoms with Crippen LogP contribution in [0.15, 0.2) is 18.2 Å². The van der Waals surface area contributed by atoms with E-state index in [1.165, 1.54) is 7.11 Å². The molecule has 5 heteroatoms. The number of rotatable bonds is 7. The lowest BCUT2D eigenvalue weighted by atomic mass is 10.2. The summed E-state index contributed by atoms with van der Waals surface area (Å²) in [6, 6.07) is 5.20. The summed E-state index contributed by atoms with van der Waals surface area (Å²) in [4.78, 5) is 11.4. The van der Waals surface area contributed by atoms with Gasteiger partial charge in [-0.2, -0.15) is 0 Å². The second-order valence-corrected chi connectivity index (χ2v) is 3.75. The fourth-order valence-corrected chi connectivity index (χ4v) is 1.46. The van der Waals surface area contributed by atoms with Crippen molar-refractivity contribution in [2.45, 2.75) is 20.0 Å². The molecule has 0 fully saturated rings. The van der Waals surface area contributed by atoms with E-state index in [-0.39, 0.29) is 19.1 Å². The zero-order valence-corrected chi connectivity index (χ0v) is 10.7. The van der Waals surface area contributed by atoms with Crippen LogP contribution in [-0.2, 0) is 11.4 Å². The van der Waals surface area contributed by atoms with E-state index in [1.54, 1.807) is 18.2 Å². The van der Waals surface area contributed by atoms with Crippen LogP contribution in [0, 0.1) is 0 Å². The van der Waals surface area contributed by atoms with Crippen molar-refractivity contribution < 1.29 is 19.4 Å². The van der Waals surface area contributed by atoms with Gasteiger partial charge in [0.2, 0.25) is 0 Å². The van der Waals surface area contributed by atoms with Gasteiger partial charge in [-0.1, -0.05) is 19.1 Å². The molecule has 0 spiro atoms. The van der Waals surface area contributed by atoms with Crippen molar-refractivity contribution in [2.24, 2.45) is 0 Å². The van der Waals surface area contributed by atoms with Crippen molar-refractivity contribution in [3.63, 3.8) is 0 Å². The second kappa shape index (κ2) is 7.55. The molecule has 0 saturated heterocycles. The minimum absolute atomic E-state index is 0.0899. The van der Waals surface area contributed by atoms with Gasteiger partial charge in [0.1, 0.15) is 0 Å². The molecule has 0 heterocycles. The summed E-state index contributed by atoms with van der Waals surface area (Å²) in [6.45, 7) is 2.35. The maximum absolute atomic E-state index is 11.4. The largest absolute Gasteiger partial charge is 0.493 e. The number of amides is 1. The van der Waals surface area contributed by atoms with E-state index in [9.17, 15) is 9.90 Å². The summed E-state index contributed by atoms with van der Waals surface area (Å²) in [5.74, 6) is 0.727. The number of nitrogens with one attached hydrogen (secondary N) is 1. The van der Waals surface area contributed by atoms with Crippen LogP contribution in [0.5, 0.6) is 11.5 Å². The van der Waals surface area contributed by atoms with E-state index >= 15 is 0 Å². The van der Waals surface area contributed by atoms with Gasteiger partial charge in [-0.05, 0) is 12.5 Å². The van der Waals surface area contributed by atoms with Gasteiger partial charge >= 0.3 is 0 Å². The average molecular weight is 253 g/mol. The molecule has 0 unspecified atom stereocenters. The summed E-state index contributed by atoms with van der Waals surface area (Å²) < 4.78 is 10.5. The van der Waals surface area contributed by atoms with Gasteiger partial charge in [0.25, 0.3) is 5.91 Å². The highest BCUT2D eigenvalue weighted by Crippen LogP contribution is 2.30. The number of methoxy groups -OCH3 is 1. The number of ether oxygens (including phenoxy) is 2. The second-order valence-electron chi connectivity index (χ2n) is 3.75. The van der Waals surface area contributed by atoms with Gasteiger partial charge in [0.05, 0.1) is 13.7 Å². The van der Waals surface area contributed by atoms with E-state index in [2.05, 4.69) is 5.32 Å². The Balaban J connectivity index is 2.68. The number of hydrogen-bond donors (Lipinski definition) is 2. The Morgan fingerprint density at radius 3 is 2.83 bits per heavy atom. The quantitative estimate of drug-likeness (QED) is 0.763. The van der Waals surface area contributed by atoms with Crippen molar-refractivity contribution in [2.75, 3.05) is 20.3 Å². The fraction of sp³-hybridized carbons (Fsp3) is 0.462. The predicted molar refractivity (Wildman–Crippen MR) is 67.7 cm³/mol. The Hall–Kier alpha value is -1.75. The molecule has 0 bridgehead atoms. The third kappa shape index (κ3) is 3.92. The normalized spacial score (nSPS) is 9.94. The first-order valence-corrected chi connectivity index (χ1v) is 5.89. The van der Waals surface area contributed by atoms with Gasteiger partial charge in [-0.15, -0.1) is 0 Å². The monoisotopic (exact) mass is 253 g/mol. The van der Waals surface area contributed by atoms with Gasteiger partial charge in [0.15, 0.2) is 18.1 Å². The number of carbonyl (C=O) groups excluding carboxylic acids is 1. The minimum Gasteiger partial charge on any atom is -0.493 e. The highest BCUT2D eigenvalue weighted by molar-refractivity contribution is 5.77. The molecule has 5 nitrogen and oxygen atoms in total. The Morgan fingerprint density at radius 1 is 1.44 bits per heavy atom. The Kier molecular flexibility index (Phi) is 6.00. The van der Waals surface area contributed by atoms with E-state index in [0.717, 1.165) is 6.42 Å². The predicted octanol–water partition coefficient (Wildman–Crippen LogP) is 1.09. The smallest absolute Gasteiger partial charge is 0.257 e. The Bertz CT molecular complexity index is 370. The van der Waals surface area contributed by atoms with Crippen molar-refractivity contribution in [1.82, 2.24) is 5.32 Å². The minimum atomic E-state index is -0.188. The van der Waals surface area contributed by atoms with Crippen LogP contribution in [0.25, 0.3) is 0 Å². The summed E-state index contributed by atoms with van der Waals surface area (Å²) in [7, 11) is 1.51. The lowest BCUT2D eigenvalue weighted by Gasteiger charge is -2.13. The molecule has 1 aromatic rings. The molecule has 0 saturated carbocycles. The topological polar surface area (TPSA) is 67.8 Å². The third-order valence-corrected chi connectivity index (χ3v) is 2.37. The van der Waals surface area contributed by atoms with Crippen LogP contribution in [0.2, 0.25) is 0 Å². The van der Waals surface area contributed by atoms with Gasteiger partial charge in [-0.3, -0.25) is 4.79 Å². The molecule has 0 aliphatic heterocycles. The highest BCUT2D eigenvalue weighted by Gasteiger charge is 2.11. The fourth-order valence-electron chi connectivity index (χ4n) is 1.46. The lowest BCUT2D eigenvalue weighted by molar-refractivity contribution is -0.123. The van der Waals surface area contributed by atoms with Crippen LogP contribution in [0.3, 0.4) is 0 Å². The molecule has 18 heavy (non-hydrogen) atoms. The zero-order valence-electron chi connectivity index (χ0n) is 10.7. The van der Waals surface area contributed by atoms with Crippen molar-refractivity contribution in [1.29, 1.82) is 0 Å². The summed E-state index contributed by atoms with van der Waals surface area (Å²) in [5, 5.41) is 11.9. The summed E-state index contributed by atoms with van der Waals surface area (Å²) in [5.41, 5.74) is 0.595. The van der Waals surface area contributed by atoms with Crippen LogP contribution in [0.1, 0.15) is 18.9 Å². The maximum atomic E-state index is 11.4. The van der Waals surface area contributed by atoms with E-state index < -0.39 is 0 Å². The number of para-hydroxylation sites is 1. The Morgan fingerprint density at radius 2 is 2.22 bits per heavy atom. The molecule has 2 N–H and O–H groups in total. The van der Waals surface area contributed by atoms with Crippen LogP contribution in [0.4, 0.5) is 0 Å². The Labute approximate surface area is 107 Å². The molecular formula is C13H19NO4. The SMILES string of the molecule is CCCNC(=O)COc1c(CO)cccc1OC. The number of carbonyl (C=O) groups is 1. The molecule has 1 amide bonds. The lowest BCUT2D eigenvalue weighted by Crippen LogP contribution is -2.29. The van der Waals surface area contributed by atoms with E-state index in [4.69, 9.17) is 9.47 Å². The molecule has 1 aromatic carbocycles. The van der Waals surface area contributed by atoms with Crippen molar-refractivity contribution in [3.8, 4) is 11.5 Å². The molecule has 0 aromatic heterocycles. The summed E-state index contributed by atoms with van der Waals surface area (Å²) in [6.07, 6.45) is 0.877. The van der Waals surface area contributed by atoms with E-state index in [1.807, 2.05) is 6.92 Å². The maximum Gasteiger partial charge on any atom is 0.257 e.